The highest BCUT2D eigenvalue weighted by Gasteiger charge is 2.22. The maximum Gasteiger partial charge on any atom is 0.256 e. The van der Waals surface area contributed by atoms with Crippen molar-refractivity contribution in [1.82, 2.24) is 24.7 Å². The molecule has 9 heteroatoms. The van der Waals surface area contributed by atoms with E-state index in [0.29, 0.717) is 29.7 Å². The first kappa shape index (κ1) is 21.6. The Morgan fingerprint density at radius 2 is 1.94 bits per heavy atom. The van der Waals surface area contributed by atoms with Crippen LogP contribution in [0.5, 0.6) is 5.75 Å². The number of amides is 1. The first-order valence-electron chi connectivity index (χ1n) is 10.1. The molecular weight excluding hydrogens is 424 g/mol. The summed E-state index contributed by atoms with van der Waals surface area (Å²) in [6, 6.07) is 10.6. The van der Waals surface area contributed by atoms with Gasteiger partial charge in [0.15, 0.2) is 0 Å². The van der Waals surface area contributed by atoms with Crippen LogP contribution in [-0.4, -0.2) is 30.6 Å². The van der Waals surface area contributed by atoms with Gasteiger partial charge in [0, 0.05) is 34.8 Å². The summed E-state index contributed by atoms with van der Waals surface area (Å²) in [7, 11) is 0. The van der Waals surface area contributed by atoms with E-state index >= 15 is 0 Å². The molecule has 0 spiro atoms. The summed E-state index contributed by atoms with van der Waals surface area (Å²) in [5.41, 5.74) is 1.94. The van der Waals surface area contributed by atoms with Crippen LogP contribution in [0.25, 0.3) is 5.95 Å². The van der Waals surface area contributed by atoms with E-state index in [1.807, 2.05) is 24.4 Å². The summed E-state index contributed by atoms with van der Waals surface area (Å²) >= 11 is 1.58. The van der Waals surface area contributed by atoms with E-state index in [1.165, 1.54) is 0 Å². The molecule has 1 amide bonds. The summed E-state index contributed by atoms with van der Waals surface area (Å²) in [6.07, 6.45) is 3.27. The largest absolute Gasteiger partial charge is 0.487 e. The molecular formula is C23H24N6O2S. The molecule has 4 rings (SSSR count). The third-order valence-electron chi connectivity index (χ3n) is 4.61. The normalized spacial score (nSPS) is 11.4. The Morgan fingerprint density at radius 3 is 2.62 bits per heavy atom. The number of hydrogen-bond acceptors (Lipinski definition) is 7. The van der Waals surface area contributed by atoms with E-state index < -0.39 is 0 Å². The quantitative estimate of drug-likeness (QED) is 0.465. The zero-order valence-corrected chi connectivity index (χ0v) is 19.2. The maximum atomic E-state index is 13.0. The lowest BCUT2D eigenvalue weighted by molar-refractivity contribution is 0.102. The summed E-state index contributed by atoms with van der Waals surface area (Å²) < 4.78 is 7.36. The van der Waals surface area contributed by atoms with Gasteiger partial charge in [-0.25, -0.2) is 15.0 Å². The van der Waals surface area contributed by atoms with Gasteiger partial charge >= 0.3 is 0 Å². The van der Waals surface area contributed by atoms with Crippen LogP contribution in [-0.2, 0) is 12.0 Å². The van der Waals surface area contributed by atoms with Crippen LogP contribution < -0.4 is 10.1 Å². The molecule has 164 valence electrons. The molecule has 0 radical (unpaired) electrons. The molecule has 1 N–H and O–H groups in total. The molecule has 8 nitrogen and oxygen atoms in total. The zero-order valence-electron chi connectivity index (χ0n) is 18.4. The van der Waals surface area contributed by atoms with Gasteiger partial charge in [-0.2, -0.15) is 9.78 Å². The van der Waals surface area contributed by atoms with Crippen LogP contribution >= 0.6 is 11.3 Å². The number of rotatable bonds is 6. The molecule has 0 saturated carbocycles. The van der Waals surface area contributed by atoms with Gasteiger partial charge in [0.25, 0.3) is 11.9 Å². The Labute approximate surface area is 190 Å². The van der Waals surface area contributed by atoms with Crippen molar-refractivity contribution in [1.29, 1.82) is 0 Å². The number of aryl methyl sites for hydroxylation is 1. The van der Waals surface area contributed by atoms with Gasteiger partial charge in [-0.15, -0.1) is 11.3 Å². The molecule has 1 aromatic carbocycles. The lowest BCUT2D eigenvalue weighted by Crippen LogP contribution is -2.16. The minimum Gasteiger partial charge on any atom is -0.487 e. The smallest absolute Gasteiger partial charge is 0.256 e. The minimum atomic E-state index is -0.280. The van der Waals surface area contributed by atoms with Crippen LogP contribution in [0.15, 0.2) is 54.2 Å². The second-order valence-corrected chi connectivity index (χ2v) is 9.32. The van der Waals surface area contributed by atoms with Crippen molar-refractivity contribution in [2.75, 3.05) is 5.32 Å². The lowest BCUT2D eigenvalue weighted by Gasteiger charge is -2.13. The summed E-state index contributed by atoms with van der Waals surface area (Å²) in [6.45, 7) is 8.48. The summed E-state index contributed by atoms with van der Waals surface area (Å²) in [5, 5.41) is 10.5. The van der Waals surface area contributed by atoms with Gasteiger partial charge < -0.3 is 10.1 Å². The van der Waals surface area contributed by atoms with Gasteiger partial charge in [-0.1, -0.05) is 26.8 Å². The number of nitrogens with zero attached hydrogens (tertiary/aromatic N) is 5. The predicted octanol–water partition coefficient (Wildman–Crippen LogP) is 4.56. The highest BCUT2D eigenvalue weighted by Crippen LogP contribution is 2.26. The standard InChI is InChI=1S/C23H24N6O2S/c1-15-26-17(14-32-15)13-31-18-8-5-7-16(11-18)21(30)27-20-12-19(23(2,3)4)28-29(20)22-24-9-6-10-25-22/h5-12,14H,13H2,1-4H3,(H,27,30). The number of ether oxygens (including phenoxy) is 1. The summed E-state index contributed by atoms with van der Waals surface area (Å²) in [4.78, 5) is 26.0. The van der Waals surface area contributed by atoms with Crippen molar-refractivity contribution >= 4 is 23.1 Å². The molecule has 4 aromatic rings. The Balaban J connectivity index is 1.55. The monoisotopic (exact) mass is 448 g/mol. The Kier molecular flexibility index (Phi) is 6.00. The number of nitrogens with one attached hydrogen (secondary N) is 1. The van der Waals surface area contributed by atoms with E-state index in [-0.39, 0.29) is 11.3 Å². The van der Waals surface area contributed by atoms with Crippen molar-refractivity contribution in [3.8, 4) is 11.7 Å². The van der Waals surface area contributed by atoms with Crippen LogP contribution in [0.2, 0.25) is 0 Å². The number of benzene rings is 1. The fourth-order valence-corrected chi connectivity index (χ4v) is 3.53. The second-order valence-electron chi connectivity index (χ2n) is 8.25. The molecule has 32 heavy (non-hydrogen) atoms. The van der Waals surface area contributed by atoms with Crippen LogP contribution in [0.4, 0.5) is 5.82 Å². The van der Waals surface area contributed by atoms with E-state index in [9.17, 15) is 4.79 Å². The van der Waals surface area contributed by atoms with Gasteiger partial charge in [0.05, 0.1) is 16.4 Å². The molecule has 0 fully saturated rings. The minimum absolute atomic E-state index is 0.207. The Hall–Kier alpha value is -3.59. The SMILES string of the molecule is Cc1nc(COc2cccc(C(=O)Nc3cc(C(C)(C)C)nn3-c3ncccn3)c2)cs1. The lowest BCUT2D eigenvalue weighted by atomic mass is 9.92. The van der Waals surface area contributed by atoms with E-state index in [2.05, 4.69) is 46.1 Å². The fourth-order valence-electron chi connectivity index (χ4n) is 2.94. The van der Waals surface area contributed by atoms with E-state index in [1.54, 1.807) is 52.7 Å². The molecule has 0 atom stereocenters. The maximum absolute atomic E-state index is 13.0. The van der Waals surface area contributed by atoms with Crippen molar-refractivity contribution in [3.63, 3.8) is 0 Å². The second kappa shape index (κ2) is 8.88. The molecule has 0 aliphatic carbocycles. The highest BCUT2D eigenvalue weighted by atomic mass is 32.1. The van der Waals surface area contributed by atoms with E-state index in [4.69, 9.17) is 4.74 Å². The van der Waals surface area contributed by atoms with Gasteiger partial charge in [-0.3, -0.25) is 4.79 Å². The number of carbonyl (C=O) groups excluding carboxylic acids is 1. The molecule has 0 unspecified atom stereocenters. The number of thiazole rings is 1. The molecule has 0 aliphatic rings. The van der Waals surface area contributed by atoms with E-state index in [0.717, 1.165) is 16.4 Å². The van der Waals surface area contributed by atoms with Gasteiger partial charge in [0.2, 0.25) is 0 Å². The van der Waals surface area contributed by atoms with Crippen LogP contribution in [0, 0.1) is 6.92 Å². The van der Waals surface area contributed by atoms with Crippen molar-refractivity contribution < 1.29 is 9.53 Å². The predicted molar refractivity (Wildman–Crippen MR) is 123 cm³/mol. The van der Waals surface area contributed by atoms with Gasteiger partial charge in [0.1, 0.15) is 18.2 Å². The number of anilines is 1. The summed E-state index contributed by atoms with van der Waals surface area (Å²) in [5.74, 6) is 1.19. The van der Waals surface area contributed by atoms with Crippen molar-refractivity contribution in [2.24, 2.45) is 0 Å². The third kappa shape index (κ3) is 5.00. The van der Waals surface area contributed by atoms with Crippen molar-refractivity contribution in [2.45, 2.75) is 39.7 Å². The molecule has 0 bridgehead atoms. The molecule has 0 aliphatic heterocycles. The molecule has 0 saturated heterocycles. The first-order valence-corrected chi connectivity index (χ1v) is 11.0. The van der Waals surface area contributed by atoms with Crippen LogP contribution in [0.3, 0.4) is 0 Å². The topological polar surface area (TPSA) is 94.8 Å². The zero-order chi connectivity index (χ0) is 22.7. The number of hydrogen-bond donors (Lipinski definition) is 1. The molecule has 3 aromatic heterocycles. The van der Waals surface area contributed by atoms with Gasteiger partial charge in [-0.05, 0) is 31.2 Å². The first-order chi connectivity index (χ1) is 15.3. The van der Waals surface area contributed by atoms with Crippen LogP contribution in [0.1, 0.15) is 47.5 Å². The average Bonchev–Trinajstić information content (AvgIpc) is 3.39. The number of carbonyl (C=O) groups is 1. The average molecular weight is 449 g/mol. The van der Waals surface area contributed by atoms with Crippen molar-refractivity contribution in [3.05, 3.63) is 76.1 Å². The number of aromatic nitrogens is 5. The molecule has 3 heterocycles. The fraction of sp³-hybridized carbons (Fsp3) is 0.261. The highest BCUT2D eigenvalue weighted by molar-refractivity contribution is 7.09. The Bertz CT molecular complexity index is 1230. The Morgan fingerprint density at radius 1 is 1.16 bits per heavy atom. The third-order valence-corrected chi connectivity index (χ3v) is 5.43.